The van der Waals surface area contributed by atoms with Crippen molar-refractivity contribution in [2.75, 3.05) is 13.2 Å². The molecule has 0 radical (unpaired) electrons. The number of nitrogens with two attached hydrogens (primary N) is 1. The quantitative estimate of drug-likeness (QED) is 0.470. The summed E-state index contributed by atoms with van der Waals surface area (Å²) in [5.74, 6) is 0. The lowest BCUT2D eigenvalue weighted by atomic mass is 10.0. The van der Waals surface area contributed by atoms with Crippen LogP contribution in [0.3, 0.4) is 0 Å². The third kappa shape index (κ3) is 6.38. The Kier molecular flexibility index (Phi) is 6.03. The number of hydrogen-bond acceptors (Lipinski definition) is 2. The minimum atomic E-state index is -0.159. The highest BCUT2D eigenvalue weighted by Crippen LogP contribution is 2.05. The second kappa shape index (κ2) is 6.21. The predicted molar refractivity (Wildman–Crippen MR) is 53.1 cm³/mol. The van der Waals surface area contributed by atoms with Gasteiger partial charge in [0.1, 0.15) is 0 Å². The van der Waals surface area contributed by atoms with Gasteiger partial charge in [-0.25, -0.2) is 0 Å². The van der Waals surface area contributed by atoms with Gasteiger partial charge in [0.25, 0.3) is 0 Å². The SMILES string of the molecule is C=CCCCOCC(C)(N)CC. The molecule has 0 saturated heterocycles. The summed E-state index contributed by atoms with van der Waals surface area (Å²) in [5, 5.41) is 0. The van der Waals surface area contributed by atoms with E-state index in [2.05, 4.69) is 13.5 Å². The first kappa shape index (κ1) is 11.7. The highest BCUT2D eigenvalue weighted by atomic mass is 16.5. The molecule has 0 rings (SSSR count). The lowest BCUT2D eigenvalue weighted by Crippen LogP contribution is -2.40. The van der Waals surface area contributed by atoms with E-state index in [4.69, 9.17) is 10.5 Å². The maximum Gasteiger partial charge on any atom is 0.0643 e. The van der Waals surface area contributed by atoms with E-state index in [1.54, 1.807) is 0 Å². The summed E-state index contributed by atoms with van der Waals surface area (Å²) < 4.78 is 5.42. The van der Waals surface area contributed by atoms with Crippen molar-refractivity contribution < 1.29 is 4.74 Å². The van der Waals surface area contributed by atoms with Crippen LogP contribution >= 0.6 is 0 Å². The van der Waals surface area contributed by atoms with Gasteiger partial charge in [-0.2, -0.15) is 0 Å². The number of allylic oxidation sites excluding steroid dienone is 1. The summed E-state index contributed by atoms with van der Waals surface area (Å²) in [6, 6.07) is 0. The van der Waals surface area contributed by atoms with E-state index in [9.17, 15) is 0 Å². The summed E-state index contributed by atoms with van der Waals surface area (Å²) in [7, 11) is 0. The first-order valence-corrected chi connectivity index (χ1v) is 4.60. The molecular formula is C10H21NO. The van der Waals surface area contributed by atoms with Crippen molar-refractivity contribution >= 4 is 0 Å². The van der Waals surface area contributed by atoms with E-state index >= 15 is 0 Å². The van der Waals surface area contributed by atoms with Crippen LogP contribution in [0.5, 0.6) is 0 Å². The Morgan fingerprint density at radius 3 is 2.75 bits per heavy atom. The van der Waals surface area contributed by atoms with Gasteiger partial charge in [0.05, 0.1) is 6.61 Å². The molecule has 2 heteroatoms. The molecule has 0 amide bonds. The van der Waals surface area contributed by atoms with Crippen LogP contribution in [0.2, 0.25) is 0 Å². The van der Waals surface area contributed by atoms with Crippen LogP contribution in [0.15, 0.2) is 12.7 Å². The highest BCUT2D eigenvalue weighted by Gasteiger charge is 2.14. The minimum Gasteiger partial charge on any atom is -0.380 e. The normalized spacial score (nSPS) is 15.6. The Balaban J connectivity index is 3.24. The molecule has 0 aromatic rings. The predicted octanol–water partition coefficient (Wildman–Crippen LogP) is 2.10. The van der Waals surface area contributed by atoms with Crippen molar-refractivity contribution in [3.8, 4) is 0 Å². The van der Waals surface area contributed by atoms with Crippen molar-refractivity contribution in [3.63, 3.8) is 0 Å². The molecule has 12 heavy (non-hydrogen) atoms. The summed E-state index contributed by atoms with van der Waals surface area (Å²) in [5.41, 5.74) is 5.73. The van der Waals surface area contributed by atoms with Gasteiger partial charge in [0.2, 0.25) is 0 Å². The van der Waals surface area contributed by atoms with Gasteiger partial charge in [0, 0.05) is 12.1 Å². The third-order valence-electron chi connectivity index (χ3n) is 1.94. The van der Waals surface area contributed by atoms with Crippen molar-refractivity contribution in [1.82, 2.24) is 0 Å². The molecule has 0 spiro atoms. The van der Waals surface area contributed by atoms with Gasteiger partial charge in [-0.05, 0) is 26.2 Å². The second-order valence-corrected chi connectivity index (χ2v) is 3.49. The first-order valence-electron chi connectivity index (χ1n) is 4.60. The molecule has 2 nitrogen and oxygen atoms in total. The maximum absolute atomic E-state index is 5.89. The fourth-order valence-corrected chi connectivity index (χ4v) is 0.737. The largest absolute Gasteiger partial charge is 0.380 e. The zero-order valence-electron chi connectivity index (χ0n) is 8.31. The van der Waals surface area contributed by atoms with Gasteiger partial charge in [-0.15, -0.1) is 6.58 Å². The van der Waals surface area contributed by atoms with Crippen LogP contribution in [-0.2, 0) is 4.74 Å². The molecule has 0 fully saturated rings. The van der Waals surface area contributed by atoms with E-state index in [0.29, 0.717) is 6.61 Å². The second-order valence-electron chi connectivity index (χ2n) is 3.49. The Morgan fingerprint density at radius 2 is 2.25 bits per heavy atom. The van der Waals surface area contributed by atoms with Gasteiger partial charge in [-0.1, -0.05) is 13.0 Å². The van der Waals surface area contributed by atoms with E-state index in [0.717, 1.165) is 25.9 Å². The fraction of sp³-hybridized carbons (Fsp3) is 0.800. The van der Waals surface area contributed by atoms with E-state index in [1.807, 2.05) is 13.0 Å². The summed E-state index contributed by atoms with van der Waals surface area (Å²) in [4.78, 5) is 0. The van der Waals surface area contributed by atoms with Crippen LogP contribution < -0.4 is 5.73 Å². The molecule has 1 atom stereocenters. The first-order chi connectivity index (χ1) is 5.62. The molecule has 0 aliphatic rings. The van der Waals surface area contributed by atoms with E-state index in [1.165, 1.54) is 0 Å². The number of unbranched alkanes of at least 4 members (excludes halogenated alkanes) is 1. The van der Waals surface area contributed by atoms with Crippen LogP contribution in [0.25, 0.3) is 0 Å². The average Bonchev–Trinajstić information content (AvgIpc) is 2.04. The lowest BCUT2D eigenvalue weighted by Gasteiger charge is -2.22. The van der Waals surface area contributed by atoms with E-state index < -0.39 is 0 Å². The molecular weight excluding hydrogens is 150 g/mol. The van der Waals surface area contributed by atoms with Crippen LogP contribution in [0.4, 0.5) is 0 Å². The molecule has 0 saturated carbocycles. The number of hydrogen-bond donors (Lipinski definition) is 1. The molecule has 72 valence electrons. The highest BCUT2D eigenvalue weighted by molar-refractivity contribution is 4.75. The Hall–Kier alpha value is -0.340. The Morgan fingerprint density at radius 1 is 1.58 bits per heavy atom. The molecule has 0 aromatic carbocycles. The maximum atomic E-state index is 5.89. The molecule has 0 bridgehead atoms. The Bertz CT molecular complexity index is 121. The molecule has 1 unspecified atom stereocenters. The van der Waals surface area contributed by atoms with Gasteiger partial charge >= 0.3 is 0 Å². The fourth-order valence-electron chi connectivity index (χ4n) is 0.737. The average molecular weight is 171 g/mol. The van der Waals surface area contributed by atoms with Crippen LogP contribution in [0.1, 0.15) is 33.1 Å². The molecule has 0 aromatic heterocycles. The van der Waals surface area contributed by atoms with Gasteiger partial charge < -0.3 is 10.5 Å². The Labute approximate surface area is 75.8 Å². The molecule has 0 aliphatic carbocycles. The topological polar surface area (TPSA) is 35.2 Å². The van der Waals surface area contributed by atoms with Crippen molar-refractivity contribution in [2.45, 2.75) is 38.6 Å². The van der Waals surface area contributed by atoms with Crippen molar-refractivity contribution in [1.29, 1.82) is 0 Å². The van der Waals surface area contributed by atoms with Crippen LogP contribution in [0, 0.1) is 0 Å². The smallest absolute Gasteiger partial charge is 0.0643 e. The van der Waals surface area contributed by atoms with E-state index in [-0.39, 0.29) is 5.54 Å². The van der Waals surface area contributed by atoms with Gasteiger partial charge in [0.15, 0.2) is 0 Å². The summed E-state index contributed by atoms with van der Waals surface area (Å²) >= 11 is 0. The number of ether oxygens (including phenoxy) is 1. The molecule has 0 heterocycles. The molecule has 0 aliphatic heterocycles. The standard InChI is InChI=1S/C10H21NO/c1-4-6-7-8-12-9-10(3,11)5-2/h4H,1,5-9,11H2,2-3H3. The summed E-state index contributed by atoms with van der Waals surface area (Å²) in [6.07, 6.45) is 4.93. The monoisotopic (exact) mass is 171 g/mol. The zero-order chi connectivity index (χ0) is 9.45. The van der Waals surface area contributed by atoms with Crippen molar-refractivity contribution in [2.24, 2.45) is 5.73 Å². The van der Waals surface area contributed by atoms with Crippen LogP contribution in [-0.4, -0.2) is 18.8 Å². The minimum absolute atomic E-state index is 0.159. The van der Waals surface area contributed by atoms with Crippen molar-refractivity contribution in [3.05, 3.63) is 12.7 Å². The number of rotatable bonds is 7. The lowest BCUT2D eigenvalue weighted by molar-refractivity contribution is 0.0883. The summed E-state index contributed by atoms with van der Waals surface area (Å²) in [6.45, 7) is 9.18. The third-order valence-corrected chi connectivity index (χ3v) is 1.94. The zero-order valence-corrected chi connectivity index (χ0v) is 8.31. The van der Waals surface area contributed by atoms with Gasteiger partial charge in [-0.3, -0.25) is 0 Å². The molecule has 2 N–H and O–H groups in total.